The van der Waals surface area contributed by atoms with E-state index in [0.29, 0.717) is 10.9 Å². The first kappa shape index (κ1) is 15.7. The van der Waals surface area contributed by atoms with Gasteiger partial charge in [-0.05, 0) is 38.8 Å². The van der Waals surface area contributed by atoms with E-state index in [1.807, 2.05) is 11.9 Å². The van der Waals surface area contributed by atoms with Crippen molar-refractivity contribution in [3.63, 3.8) is 0 Å². The molecule has 0 aromatic heterocycles. The highest BCUT2D eigenvalue weighted by Crippen LogP contribution is 2.38. The van der Waals surface area contributed by atoms with Crippen molar-refractivity contribution >= 4 is 23.1 Å². The van der Waals surface area contributed by atoms with Crippen molar-refractivity contribution in [1.82, 2.24) is 9.80 Å². The van der Waals surface area contributed by atoms with Gasteiger partial charge >= 0.3 is 0 Å². The van der Waals surface area contributed by atoms with E-state index in [1.165, 1.54) is 12.8 Å². The highest BCUT2D eigenvalue weighted by atomic mass is 32.1. The largest absolute Gasteiger partial charge is 0.392 e. The molecule has 114 valence electrons. The first-order valence-corrected chi connectivity index (χ1v) is 8.10. The van der Waals surface area contributed by atoms with Crippen LogP contribution in [0.2, 0.25) is 0 Å². The van der Waals surface area contributed by atoms with Crippen molar-refractivity contribution in [3.05, 3.63) is 0 Å². The number of nitrogens with zero attached hydrogens (tertiary/aromatic N) is 2. The third-order valence-corrected chi connectivity index (χ3v) is 5.35. The highest BCUT2D eigenvalue weighted by molar-refractivity contribution is 7.80. The standard InChI is InChI=1S/C15H27N3OS/c1-17-9-6-12(10-17)11-18(2)14(19)15(13(16)20)7-4-3-5-8-15/h12H,3-11H2,1-2H3,(H2,16,20). The molecule has 20 heavy (non-hydrogen) atoms. The molecule has 1 saturated carbocycles. The van der Waals surface area contributed by atoms with Gasteiger partial charge in [-0.25, -0.2) is 0 Å². The lowest BCUT2D eigenvalue weighted by Gasteiger charge is -2.38. The molecule has 0 aromatic rings. The second kappa shape index (κ2) is 6.39. The van der Waals surface area contributed by atoms with E-state index in [0.717, 1.165) is 45.3 Å². The monoisotopic (exact) mass is 297 g/mol. The van der Waals surface area contributed by atoms with Crippen molar-refractivity contribution in [2.24, 2.45) is 17.1 Å². The summed E-state index contributed by atoms with van der Waals surface area (Å²) in [5, 5.41) is 0. The van der Waals surface area contributed by atoms with E-state index in [2.05, 4.69) is 11.9 Å². The van der Waals surface area contributed by atoms with Crippen molar-refractivity contribution in [3.8, 4) is 0 Å². The number of likely N-dealkylation sites (tertiary alicyclic amines) is 1. The molecular formula is C15H27N3OS. The molecule has 1 saturated heterocycles. The summed E-state index contributed by atoms with van der Waals surface area (Å²) in [6, 6.07) is 0. The zero-order valence-electron chi connectivity index (χ0n) is 12.7. The Morgan fingerprint density at radius 3 is 2.55 bits per heavy atom. The van der Waals surface area contributed by atoms with Crippen LogP contribution in [-0.4, -0.2) is 54.4 Å². The van der Waals surface area contributed by atoms with Crippen LogP contribution in [0, 0.1) is 11.3 Å². The summed E-state index contributed by atoms with van der Waals surface area (Å²) in [6.45, 7) is 3.04. The van der Waals surface area contributed by atoms with Crippen LogP contribution < -0.4 is 5.73 Å². The molecule has 5 heteroatoms. The Hall–Kier alpha value is -0.680. The van der Waals surface area contributed by atoms with E-state index in [1.54, 1.807) is 0 Å². The Kier molecular flexibility index (Phi) is 5.02. The Balaban J connectivity index is 2.01. The average Bonchev–Trinajstić information content (AvgIpc) is 2.83. The molecule has 1 atom stereocenters. The molecule has 1 amide bonds. The Labute approximate surface area is 127 Å². The van der Waals surface area contributed by atoms with E-state index in [9.17, 15) is 4.79 Å². The molecule has 0 aromatic carbocycles. The van der Waals surface area contributed by atoms with Crippen LogP contribution in [0.15, 0.2) is 0 Å². The van der Waals surface area contributed by atoms with Gasteiger partial charge in [0.2, 0.25) is 5.91 Å². The lowest BCUT2D eigenvalue weighted by molar-refractivity contribution is -0.138. The van der Waals surface area contributed by atoms with Crippen molar-refractivity contribution < 1.29 is 4.79 Å². The summed E-state index contributed by atoms with van der Waals surface area (Å²) in [6.07, 6.45) is 6.14. The molecule has 4 nitrogen and oxygen atoms in total. The first-order valence-electron chi connectivity index (χ1n) is 7.70. The maximum Gasteiger partial charge on any atom is 0.235 e. The van der Waals surface area contributed by atoms with Gasteiger partial charge in [-0.15, -0.1) is 0 Å². The van der Waals surface area contributed by atoms with Crippen LogP contribution in [0.5, 0.6) is 0 Å². The predicted octanol–water partition coefficient (Wildman–Crippen LogP) is 1.63. The Morgan fingerprint density at radius 1 is 1.40 bits per heavy atom. The van der Waals surface area contributed by atoms with E-state index >= 15 is 0 Å². The van der Waals surface area contributed by atoms with Crippen LogP contribution in [0.4, 0.5) is 0 Å². The molecule has 0 spiro atoms. The minimum Gasteiger partial charge on any atom is -0.392 e. The smallest absolute Gasteiger partial charge is 0.235 e. The summed E-state index contributed by atoms with van der Waals surface area (Å²) in [5.41, 5.74) is 5.38. The van der Waals surface area contributed by atoms with Crippen LogP contribution in [0.25, 0.3) is 0 Å². The van der Waals surface area contributed by atoms with E-state index in [4.69, 9.17) is 18.0 Å². The lowest BCUT2D eigenvalue weighted by Crippen LogP contribution is -2.51. The van der Waals surface area contributed by atoms with Crippen LogP contribution in [0.1, 0.15) is 38.5 Å². The summed E-state index contributed by atoms with van der Waals surface area (Å²) in [7, 11) is 4.05. The van der Waals surface area contributed by atoms with Crippen LogP contribution in [0.3, 0.4) is 0 Å². The van der Waals surface area contributed by atoms with Gasteiger partial charge in [-0.1, -0.05) is 31.5 Å². The van der Waals surface area contributed by atoms with Gasteiger partial charge in [-0.2, -0.15) is 0 Å². The van der Waals surface area contributed by atoms with Gasteiger partial charge in [-0.3, -0.25) is 4.79 Å². The molecule has 1 aliphatic carbocycles. The van der Waals surface area contributed by atoms with Crippen LogP contribution in [-0.2, 0) is 4.79 Å². The maximum atomic E-state index is 12.9. The molecule has 1 heterocycles. The minimum absolute atomic E-state index is 0.152. The molecular weight excluding hydrogens is 270 g/mol. The molecule has 1 unspecified atom stereocenters. The molecule has 0 radical (unpaired) electrons. The van der Waals surface area contributed by atoms with E-state index < -0.39 is 5.41 Å². The lowest BCUT2D eigenvalue weighted by atomic mass is 9.73. The SMILES string of the molecule is CN1CCC(CN(C)C(=O)C2(C(N)=S)CCCCC2)C1. The maximum absolute atomic E-state index is 12.9. The van der Waals surface area contributed by atoms with Gasteiger partial charge in [0.1, 0.15) is 0 Å². The zero-order chi connectivity index (χ0) is 14.8. The average molecular weight is 297 g/mol. The molecule has 2 N–H and O–H groups in total. The molecule has 1 aliphatic heterocycles. The Bertz CT molecular complexity index is 379. The number of rotatable bonds is 4. The Morgan fingerprint density at radius 2 is 2.05 bits per heavy atom. The topological polar surface area (TPSA) is 49.6 Å². The first-order chi connectivity index (χ1) is 9.45. The van der Waals surface area contributed by atoms with Gasteiger partial charge < -0.3 is 15.5 Å². The summed E-state index contributed by atoms with van der Waals surface area (Å²) in [5.74, 6) is 0.736. The number of thiocarbonyl (C=S) groups is 1. The summed E-state index contributed by atoms with van der Waals surface area (Å²) < 4.78 is 0. The number of hydrogen-bond acceptors (Lipinski definition) is 3. The van der Waals surface area contributed by atoms with Gasteiger partial charge in [0.15, 0.2) is 0 Å². The third-order valence-electron chi connectivity index (χ3n) is 4.96. The minimum atomic E-state index is -0.563. The van der Waals surface area contributed by atoms with Gasteiger partial charge in [0, 0.05) is 20.1 Å². The fourth-order valence-corrected chi connectivity index (χ4v) is 4.02. The third kappa shape index (κ3) is 3.14. The van der Waals surface area contributed by atoms with Crippen molar-refractivity contribution in [2.75, 3.05) is 33.7 Å². The van der Waals surface area contributed by atoms with Crippen LogP contribution >= 0.6 is 12.2 Å². The highest BCUT2D eigenvalue weighted by Gasteiger charge is 2.44. The second-order valence-corrected chi connectivity index (χ2v) is 7.05. The fourth-order valence-electron chi connectivity index (χ4n) is 3.73. The number of carbonyl (C=O) groups is 1. The zero-order valence-corrected chi connectivity index (χ0v) is 13.5. The molecule has 2 aliphatic rings. The van der Waals surface area contributed by atoms with E-state index in [-0.39, 0.29) is 5.91 Å². The molecule has 2 fully saturated rings. The normalized spacial score (nSPS) is 26.4. The van der Waals surface area contributed by atoms with Gasteiger partial charge in [0.25, 0.3) is 0 Å². The summed E-state index contributed by atoms with van der Waals surface area (Å²) >= 11 is 5.25. The predicted molar refractivity (Wildman–Crippen MR) is 85.5 cm³/mol. The fraction of sp³-hybridized carbons (Fsp3) is 0.867. The number of carbonyl (C=O) groups excluding carboxylic acids is 1. The second-order valence-electron chi connectivity index (χ2n) is 6.61. The van der Waals surface area contributed by atoms with Gasteiger partial charge in [0.05, 0.1) is 10.4 Å². The van der Waals surface area contributed by atoms with Crippen molar-refractivity contribution in [1.29, 1.82) is 0 Å². The quantitative estimate of drug-likeness (QED) is 0.801. The molecule has 0 bridgehead atoms. The number of nitrogens with two attached hydrogens (primary N) is 1. The summed E-state index contributed by atoms with van der Waals surface area (Å²) in [4.78, 5) is 17.5. The van der Waals surface area contributed by atoms with Crippen molar-refractivity contribution in [2.45, 2.75) is 38.5 Å². The number of hydrogen-bond donors (Lipinski definition) is 1. The number of amides is 1. The molecule has 2 rings (SSSR count).